The van der Waals surface area contributed by atoms with Crippen LogP contribution in [-0.4, -0.2) is 23.8 Å². The fraction of sp³-hybridized carbons (Fsp3) is 0.889. The highest BCUT2D eigenvalue weighted by Gasteiger charge is 2.30. The minimum absolute atomic E-state index is 0.639. The molecule has 1 N–H and O–H groups in total. The summed E-state index contributed by atoms with van der Waals surface area (Å²) in [7, 11) is 0. The fourth-order valence-corrected chi connectivity index (χ4v) is 2.58. The van der Waals surface area contributed by atoms with Gasteiger partial charge in [0.2, 0.25) is 0 Å². The lowest BCUT2D eigenvalue weighted by atomic mass is 10.3. The van der Waals surface area contributed by atoms with Crippen LogP contribution < -0.4 is 5.43 Å². The second-order valence-corrected chi connectivity index (χ2v) is 4.99. The van der Waals surface area contributed by atoms with Gasteiger partial charge in [0.15, 0.2) is 0 Å². The van der Waals surface area contributed by atoms with Gasteiger partial charge in [-0.15, -0.1) is 0 Å². The highest BCUT2D eigenvalue weighted by Crippen LogP contribution is 2.35. The molecule has 0 aromatic heterocycles. The topological polar surface area (TPSA) is 24.4 Å². The van der Waals surface area contributed by atoms with Gasteiger partial charge in [0.25, 0.3) is 0 Å². The van der Waals surface area contributed by atoms with Gasteiger partial charge >= 0.3 is 0 Å². The molecule has 0 aromatic rings. The Bertz CT molecular complexity index is 175. The average molecular weight is 184 g/mol. The second kappa shape index (κ2) is 3.69. The molecule has 1 heterocycles. The number of nitrogens with one attached hydrogen (secondary N) is 1. The van der Waals surface area contributed by atoms with Crippen LogP contribution in [0.15, 0.2) is 5.10 Å². The minimum atomic E-state index is 0.639. The first-order valence-electron chi connectivity index (χ1n) is 4.72. The predicted octanol–water partition coefficient (Wildman–Crippen LogP) is 1.72. The van der Waals surface area contributed by atoms with E-state index in [9.17, 15) is 0 Å². The summed E-state index contributed by atoms with van der Waals surface area (Å²) < 4.78 is 0. The summed E-state index contributed by atoms with van der Waals surface area (Å²) in [5, 5.41) is 4.28. The van der Waals surface area contributed by atoms with Gasteiger partial charge in [0.05, 0.1) is 6.04 Å². The number of hydrogen-bond donors (Lipinski definition) is 1. The maximum Gasteiger partial charge on any atom is 0.0538 e. The molecule has 3 unspecified atom stereocenters. The van der Waals surface area contributed by atoms with Gasteiger partial charge in [0, 0.05) is 12.0 Å². The van der Waals surface area contributed by atoms with Crippen LogP contribution in [0.3, 0.4) is 0 Å². The minimum Gasteiger partial charge on any atom is -0.306 e. The number of nitrogens with zero attached hydrogens (tertiary/aromatic N) is 1. The molecule has 3 heteroatoms. The summed E-state index contributed by atoms with van der Waals surface area (Å²) in [6.45, 7) is 2.28. The Kier molecular flexibility index (Phi) is 2.59. The van der Waals surface area contributed by atoms with Crippen LogP contribution in [0, 0.1) is 11.8 Å². The second-order valence-electron chi connectivity index (χ2n) is 3.84. The van der Waals surface area contributed by atoms with E-state index < -0.39 is 0 Å². The van der Waals surface area contributed by atoms with E-state index in [0.717, 1.165) is 11.8 Å². The van der Waals surface area contributed by atoms with Gasteiger partial charge in [-0.1, -0.05) is 6.92 Å². The van der Waals surface area contributed by atoms with Crippen molar-refractivity contribution in [3.8, 4) is 0 Å². The molecule has 2 aliphatic rings. The zero-order chi connectivity index (χ0) is 8.39. The van der Waals surface area contributed by atoms with Crippen LogP contribution in [-0.2, 0) is 0 Å². The first-order chi connectivity index (χ1) is 5.86. The lowest BCUT2D eigenvalue weighted by Crippen LogP contribution is -2.23. The molecule has 0 spiro atoms. The average Bonchev–Trinajstić information content (AvgIpc) is 2.58. The van der Waals surface area contributed by atoms with Gasteiger partial charge in [-0.25, -0.2) is 0 Å². The normalized spacial score (nSPS) is 40.6. The van der Waals surface area contributed by atoms with E-state index in [2.05, 4.69) is 23.7 Å². The van der Waals surface area contributed by atoms with Crippen molar-refractivity contribution in [2.75, 3.05) is 11.5 Å². The van der Waals surface area contributed by atoms with Gasteiger partial charge in [0.1, 0.15) is 0 Å². The molecule has 2 fully saturated rings. The third-order valence-corrected chi connectivity index (χ3v) is 3.79. The van der Waals surface area contributed by atoms with Crippen LogP contribution in [0.4, 0.5) is 0 Å². The zero-order valence-corrected chi connectivity index (χ0v) is 8.31. The summed E-state index contributed by atoms with van der Waals surface area (Å²) in [6.07, 6.45) is 4.71. The quantitative estimate of drug-likeness (QED) is 0.533. The molecule has 1 aliphatic heterocycles. The summed E-state index contributed by atoms with van der Waals surface area (Å²) in [6, 6.07) is 0.639. The van der Waals surface area contributed by atoms with Crippen molar-refractivity contribution in [2.45, 2.75) is 25.8 Å². The molecule has 1 aliphatic carbocycles. The smallest absolute Gasteiger partial charge is 0.0538 e. The third-order valence-electron chi connectivity index (χ3n) is 2.62. The summed E-state index contributed by atoms with van der Waals surface area (Å²) in [5.41, 5.74) is 3.22. The maximum atomic E-state index is 4.28. The summed E-state index contributed by atoms with van der Waals surface area (Å²) >= 11 is 2.02. The Labute approximate surface area is 78.2 Å². The summed E-state index contributed by atoms with van der Waals surface area (Å²) in [4.78, 5) is 0. The van der Waals surface area contributed by atoms with E-state index in [-0.39, 0.29) is 0 Å². The van der Waals surface area contributed by atoms with Gasteiger partial charge in [-0.05, 0) is 30.4 Å². The van der Waals surface area contributed by atoms with Crippen molar-refractivity contribution in [1.82, 2.24) is 5.43 Å². The van der Waals surface area contributed by atoms with E-state index >= 15 is 0 Å². The molecular weight excluding hydrogens is 168 g/mol. The molecule has 12 heavy (non-hydrogen) atoms. The Balaban J connectivity index is 1.63. The van der Waals surface area contributed by atoms with Crippen molar-refractivity contribution in [1.29, 1.82) is 0 Å². The Hall–Kier alpha value is -0.180. The molecule has 1 saturated carbocycles. The van der Waals surface area contributed by atoms with Crippen LogP contribution in [0.25, 0.3) is 0 Å². The molecule has 2 rings (SSSR count). The van der Waals surface area contributed by atoms with Crippen LogP contribution >= 0.6 is 11.8 Å². The van der Waals surface area contributed by atoms with Crippen molar-refractivity contribution in [2.24, 2.45) is 16.9 Å². The molecule has 0 aromatic carbocycles. The number of thioether (sulfide) groups is 1. The molecule has 2 nitrogen and oxygen atoms in total. The molecule has 3 atom stereocenters. The Morgan fingerprint density at radius 3 is 3.00 bits per heavy atom. The van der Waals surface area contributed by atoms with Crippen LogP contribution in [0.5, 0.6) is 0 Å². The Morgan fingerprint density at radius 1 is 1.58 bits per heavy atom. The number of hydrogen-bond acceptors (Lipinski definition) is 3. The van der Waals surface area contributed by atoms with Crippen molar-refractivity contribution < 1.29 is 0 Å². The van der Waals surface area contributed by atoms with Crippen molar-refractivity contribution in [3.05, 3.63) is 0 Å². The maximum absolute atomic E-state index is 4.28. The van der Waals surface area contributed by atoms with Crippen molar-refractivity contribution >= 4 is 18.0 Å². The van der Waals surface area contributed by atoms with Gasteiger partial charge in [-0.3, -0.25) is 0 Å². The van der Waals surface area contributed by atoms with E-state index in [1.165, 1.54) is 24.3 Å². The lowest BCUT2D eigenvalue weighted by molar-refractivity contribution is 0.584. The fourth-order valence-electron chi connectivity index (χ4n) is 1.44. The van der Waals surface area contributed by atoms with Gasteiger partial charge in [-0.2, -0.15) is 16.9 Å². The summed E-state index contributed by atoms with van der Waals surface area (Å²) in [5.74, 6) is 4.19. The highest BCUT2D eigenvalue weighted by molar-refractivity contribution is 7.99. The molecular formula is C9H16N2S. The molecule has 1 saturated heterocycles. The SMILES string of the molecule is CC1CC1/C=N/NC1CCSC1. The molecule has 0 amide bonds. The highest BCUT2D eigenvalue weighted by atomic mass is 32.2. The zero-order valence-electron chi connectivity index (χ0n) is 7.49. The Morgan fingerprint density at radius 2 is 2.42 bits per heavy atom. The predicted molar refractivity (Wildman–Crippen MR) is 54.6 cm³/mol. The largest absolute Gasteiger partial charge is 0.306 e. The molecule has 68 valence electrons. The number of hydrazone groups is 1. The van der Waals surface area contributed by atoms with E-state index in [1.807, 2.05) is 11.8 Å². The number of rotatable bonds is 3. The van der Waals surface area contributed by atoms with Crippen LogP contribution in [0.1, 0.15) is 19.8 Å². The standard InChI is InChI=1S/C9H16N2S/c1-7-4-8(7)5-10-11-9-2-3-12-6-9/h5,7-9,11H,2-4,6H2,1H3/b10-5+. The lowest BCUT2D eigenvalue weighted by Gasteiger charge is -2.05. The van der Waals surface area contributed by atoms with Crippen LogP contribution in [0.2, 0.25) is 0 Å². The third kappa shape index (κ3) is 2.16. The monoisotopic (exact) mass is 184 g/mol. The van der Waals surface area contributed by atoms with E-state index in [1.54, 1.807) is 0 Å². The first-order valence-corrected chi connectivity index (χ1v) is 5.88. The first kappa shape index (κ1) is 8.42. The van der Waals surface area contributed by atoms with Gasteiger partial charge < -0.3 is 5.43 Å². The van der Waals surface area contributed by atoms with E-state index in [4.69, 9.17) is 0 Å². The van der Waals surface area contributed by atoms with E-state index in [0.29, 0.717) is 6.04 Å². The van der Waals surface area contributed by atoms with Crippen molar-refractivity contribution in [3.63, 3.8) is 0 Å². The molecule has 0 bridgehead atoms. The molecule has 0 radical (unpaired) electrons.